The molecule has 0 bridgehead atoms. The van der Waals surface area contributed by atoms with Crippen LogP contribution in [-0.2, 0) is 11.3 Å². The normalized spacial score (nSPS) is 15.3. The molecule has 0 saturated heterocycles. The van der Waals surface area contributed by atoms with Crippen LogP contribution in [0.1, 0.15) is 39.9 Å². The monoisotopic (exact) mass is 421 g/mol. The van der Waals surface area contributed by atoms with E-state index in [0.717, 1.165) is 45.2 Å². The van der Waals surface area contributed by atoms with Gasteiger partial charge in [-0.3, -0.25) is 0 Å². The Balaban J connectivity index is 1.86. The Labute approximate surface area is 148 Å². The van der Waals surface area contributed by atoms with Crippen molar-refractivity contribution in [2.75, 3.05) is 0 Å². The van der Waals surface area contributed by atoms with Crippen molar-refractivity contribution in [2.24, 2.45) is 5.16 Å². The number of carbonyl (C=O) groups is 1. The lowest BCUT2D eigenvalue weighted by molar-refractivity contribution is 0.0514. The summed E-state index contributed by atoms with van der Waals surface area (Å²) in [6, 6.07) is 10.9. The van der Waals surface area contributed by atoms with E-state index in [1.54, 1.807) is 18.2 Å². The first-order valence-electron chi connectivity index (χ1n) is 7.42. The number of rotatable bonds is 2. The summed E-state index contributed by atoms with van der Waals surface area (Å²) in [7, 11) is 0. The highest BCUT2D eigenvalue weighted by Crippen LogP contribution is 2.28. The molecule has 0 aromatic heterocycles. The third-order valence-corrected chi connectivity index (χ3v) is 4.87. The van der Waals surface area contributed by atoms with Gasteiger partial charge in [-0.05, 0) is 84.2 Å². The minimum absolute atomic E-state index is 0.292. The predicted molar refractivity (Wildman–Crippen MR) is 96.9 cm³/mol. The molecule has 23 heavy (non-hydrogen) atoms. The largest absolute Gasteiger partial charge is 0.508 e. The molecule has 0 radical (unpaired) electrons. The van der Waals surface area contributed by atoms with Gasteiger partial charge in [0.2, 0.25) is 0 Å². The minimum Gasteiger partial charge on any atom is -0.508 e. The summed E-state index contributed by atoms with van der Waals surface area (Å²) in [4.78, 5) is 17.3. The third-order valence-electron chi connectivity index (χ3n) is 3.92. The van der Waals surface area contributed by atoms with Crippen molar-refractivity contribution in [2.45, 2.75) is 26.2 Å². The number of oxime groups is 1. The van der Waals surface area contributed by atoms with Gasteiger partial charge in [0.25, 0.3) is 0 Å². The molecule has 0 aliphatic heterocycles. The molecule has 3 rings (SSSR count). The number of carbonyl (C=O) groups excluding carboxylic acids is 1. The molecule has 1 aliphatic carbocycles. The summed E-state index contributed by atoms with van der Waals surface area (Å²) in [5.41, 5.74) is 4.07. The number of benzene rings is 2. The summed E-state index contributed by atoms with van der Waals surface area (Å²) in [6.45, 7) is 1.85. The fourth-order valence-corrected chi connectivity index (χ4v) is 3.27. The predicted octanol–water partition coefficient (Wildman–Crippen LogP) is 4.20. The Morgan fingerprint density at radius 2 is 2.04 bits per heavy atom. The number of aryl methyl sites for hydroxylation is 2. The summed E-state index contributed by atoms with van der Waals surface area (Å²) in [5, 5.41) is 13.9. The second kappa shape index (κ2) is 6.70. The fourth-order valence-electron chi connectivity index (χ4n) is 2.66. The second-order valence-electron chi connectivity index (χ2n) is 5.55. The summed E-state index contributed by atoms with van der Waals surface area (Å²) < 4.78 is 0.833. The van der Waals surface area contributed by atoms with E-state index in [4.69, 9.17) is 4.84 Å². The molecule has 4 nitrogen and oxygen atoms in total. The molecule has 0 amide bonds. The second-order valence-corrected chi connectivity index (χ2v) is 6.71. The summed E-state index contributed by atoms with van der Waals surface area (Å²) in [6.07, 6.45) is 2.58. The molecular formula is C18H16INO3. The van der Waals surface area contributed by atoms with Crippen LogP contribution in [0.25, 0.3) is 0 Å². The quantitative estimate of drug-likeness (QED) is 0.449. The van der Waals surface area contributed by atoms with E-state index < -0.39 is 5.97 Å². The van der Waals surface area contributed by atoms with Crippen molar-refractivity contribution in [1.29, 1.82) is 0 Å². The Bertz CT molecular complexity index is 799. The van der Waals surface area contributed by atoms with Gasteiger partial charge in [0, 0.05) is 9.13 Å². The number of hydrogen-bond donors (Lipinski definition) is 1. The lowest BCUT2D eigenvalue weighted by Gasteiger charge is -2.18. The maximum absolute atomic E-state index is 12.2. The van der Waals surface area contributed by atoms with Crippen molar-refractivity contribution >= 4 is 34.3 Å². The molecule has 1 N–H and O–H groups in total. The van der Waals surface area contributed by atoms with E-state index in [1.807, 2.05) is 25.1 Å². The van der Waals surface area contributed by atoms with E-state index >= 15 is 0 Å². The van der Waals surface area contributed by atoms with Gasteiger partial charge in [0.1, 0.15) is 5.75 Å². The van der Waals surface area contributed by atoms with E-state index in [0.29, 0.717) is 11.3 Å². The first-order valence-corrected chi connectivity index (χ1v) is 8.49. The lowest BCUT2D eigenvalue weighted by atomic mass is 9.88. The number of fused-ring (bicyclic) bond motifs is 1. The van der Waals surface area contributed by atoms with E-state index in [9.17, 15) is 9.90 Å². The molecule has 0 saturated carbocycles. The number of phenolic OH excluding ortho intramolecular Hbond substituents is 1. The van der Waals surface area contributed by atoms with Crippen LogP contribution < -0.4 is 0 Å². The average Bonchev–Trinajstić information content (AvgIpc) is 2.54. The number of aromatic hydroxyl groups is 1. The number of hydrogen-bond acceptors (Lipinski definition) is 4. The minimum atomic E-state index is -0.454. The van der Waals surface area contributed by atoms with E-state index in [-0.39, 0.29) is 0 Å². The molecule has 2 aromatic rings. The molecule has 2 aromatic carbocycles. The van der Waals surface area contributed by atoms with Crippen molar-refractivity contribution < 1.29 is 14.7 Å². The molecule has 0 spiro atoms. The molecule has 0 unspecified atom stereocenters. The van der Waals surface area contributed by atoms with Crippen LogP contribution in [0.3, 0.4) is 0 Å². The van der Waals surface area contributed by atoms with Gasteiger partial charge in [-0.1, -0.05) is 17.3 Å². The zero-order valence-electron chi connectivity index (χ0n) is 12.7. The van der Waals surface area contributed by atoms with Crippen molar-refractivity contribution in [1.82, 2.24) is 0 Å². The van der Waals surface area contributed by atoms with Gasteiger partial charge in [0.05, 0.1) is 11.3 Å². The van der Waals surface area contributed by atoms with Gasteiger partial charge in [-0.15, -0.1) is 0 Å². The zero-order chi connectivity index (χ0) is 16.4. The van der Waals surface area contributed by atoms with Crippen LogP contribution in [0, 0.1) is 10.5 Å². The fraction of sp³-hybridized carbons (Fsp3) is 0.222. The highest BCUT2D eigenvalue weighted by molar-refractivity contribution is 14.1. The molecule has 0 atom stereocenters. The van der Waals surface area contributed by atoms with Gasteiger partial charge >= 0.3 is 5.97 Å². The Kier molecular flexibility index (Phi) is 4.66. The number of halogens is 1. The van der Waals surface area contributed by atoms with Gasteiger partial charge < -0.3 is 9.94 Å². The van der Waals surface area contributed by atoms with E-state index in [1.165, 1.54) is 0 Å². The Morgan fingerprint density at radius 3 is 2.83 bits per heavy atom. The first-order chi connectivity index (χ1) is 11.1. The standard InChI is InChI=1S/C18H16INO3/c1-11-9-14-12(10-17(11)21)5-4-8-16(14)20-23-18(22)13-6-2-3-7-15(13)19/h2-3,6-7,9-10,21H,4-5,8H2,1H3/b20-16-. The van der Waals surface area contributed by atoms with Crippen LogP contribution in [0.2, 0.25) is 0 Å². The van der Waals surface area contributed by atoms with Crippen molar-refractivity contribution in [3.63, 3.8) is 0 Å². The molecule has 0 heterocycles. The Morgan fingerprint density at radius 1 is 1.26 bits per heavy atom. The highest BCUT2D eigenvalue weighted by Gasteiger charge is 2.19. The smallest absolute Gasteiger partial charge is 0.366 e. The van der Waals surface area contributed by atoms with Crippen LogP contribution in [0.5, 0.6) is 5.75 Å². The van der Waals surface area contributed by atoms with Gasteiger partial charge in [-0.2, -0.15) is 0 Å². The number of phenols is 1. The van der Waals surface area contributed by atoms with Gasteiger partial charge in [0.15, 0.2) is 0 Å². The molecule has 1 aliphatic rings. The van der Waals surface area contributed by atoms with Crippen molar-refractivity contribution in [3.8, 4) is 5.75 Å². The van der Waals surface area contributed by atoms with Crippen LogP contribution >= 0.6 is 22.6 Å². The molecule has 118 valence electrons. The van der Waals surface area contributed by atoms with E-state index in [2.05, 4.69) is 27.7 Å². The van der Waals surface area contributed by atoms with Crippen LogP contribution in [-0.4, -0.2) is 16.8 Å². The van der Waals surface area contributed by atoms with Crippen LogP contribution in [0.15, 0.2) is 41.6 Å². The van der Waals surface area contributed by atoms with Crippen molar-refractivity contribution in [3.05, 3.63) is 62.2 Å². The maximum atomic E-state index is 12.2. The zero-order valence-corrected chi connectivity index (χ0v) is 14.8. The molecular weight excluding hydrogens is 405 g/mol. The average molecular weight is 421 g/mol. The van der Waals surface area contributed by atoms with Gasteiger partial charge in [-0.25, -0.2) is 4.79 Å². The number of nitrogens with zero attached hydrogens (tertiary/aromatic N) is 1. The maximum Gasteiger partial charge on any atom is 0.366 e. The molecule has 5 heteroatoms. The lowest BCUT2D eigenvalue weighted by Crippen LogP contribution is -2.14. The van der Waals surface area contributed by atoms with Crippen LogP contribution in [0.4, 0.5) is 0 Å². The third kappa shape index (κ3) is 3.39. The Hall–Kier alpha value is -1.89. The topological polar surface area (TPSA) is 58.9 Å². The summed E-state index contributed by atoms with van der Waals surface area (Å²) >= 11 is 2.10. The summed E-state index contributed by atoms with van der Waals surface area (Å²) in [5.74, 6) is -0.161. The molecule has 0 fully saturated rings. The SMILES string of the molecule is Cc1cc2c(cc1O)CCC/C2=N/OC(=O)c1ccccc1I. The first kappa shape index (κ1) is 16.0. The highest BCUT2D eigenvalue weighted by atomic mass is 127.